The monoisotopic (exact) mass is 299 g/mol. The normalized spacial score (nSPS) is 10.1. The lowest BCUT2D eigenvalue weighted by atomic mass is 10.2. The molecule has 0 saturated carbocycles. The van der Waals surface area contributed by atoms with Crippen molar-refractivity contribution >= 4 is 23.6 Å². The van der Waals surface area contributed by atoms with Crippen LogP contribution in [0.1, 0.15) is 5.56 Å². The number of carboxylic acid groups (broad SMARTS) is 1. The van der Waals surface area contributed by atoms with Crippen molar-refractivity contribution < 1.29 is 24.5 Å². The molecule has 0 saturated heterocycles. The van der Waals surface area contributed by atoms with Gasteiger partial charge in [-0.05, 0) is 17.7 Å². The van der Waals surface area contributed by atoms with Gasteiger partial charge in [-0.25, -0.2) is 0 Å². The van der Waals surface area contributed by atoms with E-state index in [9.17, 15) is 14.7 Å². The largest absolute Gasteiger partial charge is 0.504 e. The number of benzene rings is 1. The van der Waals surface area contributed by atoms with Gasteiger partial charge < -0.3 is 19.8 Å². The zero-order valence-electron chi connectivity index (χ0n) is 11.3. The maximum atomic E-state index is 11.8. The van der Waals surface area contributed by atoms with Crippen LogP contribution in [0.25, 0.3) is 0 Å². The highest BCUT2D eigenvalue weighted by atomic mass is 32.2. The van der Waals surface area contributed by atoms with Crippen molar-refractivity contribution in [3.8, 4) is 11.5 Å². The maximum Gasteiger partial charge on any atom is 0.313 e. The van der Waals surface area contributed by atoms with Crippen molar-refractivity contribution in [3.63, 3.8) is 0 Å². The Morgan fingerprint density at radius 3 is 2.65 bits per heavy atom. The lowest BCUT2D eigenvalue weighted by molar-refractivity contribution is -0.133. The number of aliphatic carboxylic acids is 1. The highest BCUT2D eigenvalue weighted by Gasteiger charge is 2.11. The number of carboxylic acids is 1. The molecule has 0 spiro atoms. The van der Waals surface area contributed by atoms with Crippen LogP contribution in [0, 0.1) is 0 Å². The van der Waals surface area contributed by atoms with E-state index in [-0.39, 0.29) is 23.2 Å². The fourth-order valence-electron chi connectivity index (χ4n) is 1.52. The number of hydrogen-bond donors (Lipinski definition) is 2. The molecule has 0 bridgehead atoms. The standard InChI is InChI=1S/C13H17NO5S/c1-14(12(16)7-20-8-13(17)18)6-9-3-4-10(15)11(5-9)19-2/h3-5,15H,6-8H2,1-2H3,(H,17,18). The minimum absolute atomic E-state index is 0.0437. The van der Waals surface area contributed by atoms with Crippen molar-refractivity contribution in [2.24, 2.45) is 0 Å². The van der Waals surface area contributed by atoms with Gasteiger partial charge in [-0.1, -0.05) is 6.07 Å². The number of thioether (sulfide) groups is 1. The zero-order chi connectivity index (χ0) is 15.1. The third kappa shape index (κ3) is 5.00. The van der Waals surface area contributed by atoms with Crippen LogP contribution >= 0.6 is 11.8 Å². The number of phenolic OH excluding ortho intramolecular Hbond substituents is 1. The lowest BCUT2D eigenvalue weighted by Crippen LogP contribution is -2.28. The summed E-state index contributed by atoms with van der Waals surface area (Å²) in [6, 6.07) is 4.86. The van der Waals surface area contributed by atoms with E-state index in [2.05, 4.69) is 0 Å². The first kappa shape index (κ1) is 16.2. The van der Waals surface area contributed by atoms with E-state index in [1.165, 1.54) is 18.1 Å². The molecule has 6 nitrogen and oxygen atoms in total. The SMILES string of the molecule is COc1cc(CN(C)C(=O)CSCC(=O)O)ccc1O. The third-order valence-electron chi connectivity index (χ3n) is 2.54. The van der Waals surface area contributed by atoms with Gasteiger partial charge in [0.1, 0.15) is 0 Å². The first-order valence-electron chi connectivity index (χ1n) is 5.83. The first-order valence-corrected chi connectivity index (χ1v) is 6.99. The number of methoxy groups -OCH3 is 1. The van der Waals surface area contributed by atoms with E-state index < -0.39 is 5.97 Å². The number of phenols is 1. The molecule has 1 rings (SSSR count). The van der Waals surface area contributed by atoms with Gasteiger partial charge in [-0.3, -0.25) is 9.59 Å². The molecule has 0 aliphatic heterocycles. The quantitative estimate of drug-likeness (QED) is 0.786. The summed E-state index contributed by atoms with van der Waals surface area (Å²) in [6.07, 6.45) is 0. The van der Waals surface area contributed by atoms with Crippen LogP contribution in [0.3, 0.4) is 0 Å². The molecule has 1 aromatic carbocycles. The lowest BCUT2D eigenvalue weighted by Gasteiger charge is -2.17. The number of amides is 1. The number of carbonyl (C=O) groups is 2. The Bertz CT molecular complexity index is 492. The second kappa shape index (κ2) is 7.64. The summed E-state index contributed by atoms with van der Waals surface area (Å²) in [5.41, 5.74) is 0.818. The molecule has 20 heavy (non-hydrogen) atoms. The number of aromatic hydroxyl groups is 1. The highest BCUT2D eigenvalue weighted by Crippen LogP contribution is 2.26. The van der Waals surface area contributed by atoms with Crippen LogP contribution in [0.5, 0.6) is 11.5 Å². The van der Waals surface area contributed by atoms with Gasteiger partial charge in [0.2, 0.25) is 5.91 Å². The second-order valence-electron chi connectivity index (χ2n) is 4.14. The molecule has 0 aliphatic carbocycles. The molecular weight excluding hydrogens is 282 g/mol. The van der Waals surface area contributed by atoms with E-state index in [0.29, 0.717) is 12.3 Å². The van der Waals surface area contributed by atoms with Crippen molar-refractivity contribution in [1.29, 1.82) is 0 Å². The summed E-state index contributed by atoms with van der Waals surface area (Å²) in [5, 5.41) is 18.0. The number of rotatable bonds is 7. The molecule has 0 aliphatic rings. The molecule has 0 atom stereocenters. The molecule has 1 aromatic rings. The Balaban J connectivity index is 2.54. The van der Waals surface area contributed by atoms with Gasteiger partial charge >= 0.3 is 5.97 Å². The van der Waals surface area contributed by atoms with Gasteiger partial charge in [-0.2, -0.15) is 0 Å². The molecule has 0 heterocycles. The van der Waals surface area contributed by atoms with E-state index in [1.807, 2.05) is 0 Å². The summed E-state index contributed by atoms with van der Waals surface area (Å²) in [4.78, 5) is 23.6. The molecule has 110 valence electrons. The Kier molecular flexibility index (Phi) is 6.17. The third-order valence-corrected chi connectivity index (χ3v) is 3.44. The van der Waals surface area contributed by atoms with Gasteiger partial charge in [0.25, 0.3) is 0 Å². The van der Waals surface area contributed by atoms with Crippen molar-refractivity contribution in [3.05, 3.63) is 23.8 Å². The molecule has 0 fully saturated rings. The van der Waals surface area contributed by atoms with Gasteiger partial charge in [0, 0.05) is 13.6 Å². The molecule has 7 heteroatoms. The van der Waals surface area contributed by atoms with Gasteiger partial charge in [0.15, 0.2) is 11.5 Å². The molecule has 2 N–H and O–H groups in total. The van der Waals surface area contributed by atoms with E-state index in [1.54, 1.807) is 19.2 Å². The molecule has 0 radical (unpaired) electrons. The zero-order valence-corrected chi connectivity index (χ0v) is 12.1. The van der Waals surface area contributed by atoms with Gasteiger partial charge in [-0.15, -0.1) is 11.8 Å². The number of hydrogen-bond acceptors (Lipinski definition) is 5. The topological polar surface area (TPSA) is 87.1 Å². The smallest absolute Gasteiger partial charge is 0.313 e. The van der Waals surface area contributed by atoms with Crippen LogP contribution in [-0.2, 0) is 16.1 Å². The van der Waals surface area contributed by atoms with Crippen LogP contribution < -0.4 is 4.74 Å². The second-order valence-corrected chi connectivity index (χ2v) is 5.13. The van der Waals surface area contributed by atoms with Crippen molar-refractivity contribution in [1.82, 2.24) is 4.90 Å². The van der Waals surface area contributed by atoms with E-state index in [0.717, 1.165) is 17.3 Å². The Morgan fingerprint density at radius 2 is 2.05 bits per heavy atom. The molecular formula is C13H17NO5S. The van der Waals surface area contributed by atoms with Crippen molar-refractivity contribution in [2.45, 2.75) is 6.54 Å². The minimum Gasteiger partial charge on any atom is -0.504 e. The maximum absolute atomic E-state index is 11.8. The van der Waals surface area contributed by atoms with E-state index in [4.69, 9.17) is 9.84 Å². The van der Waals surface area contributed by atoms with E-state index >= 15 is 0 Å². The van der Waals surface area contributed by atoms with Crippen LogP contribution in [0.2, 0.25) is 0 Å². The molecule has 1 amide bonds. The highest BCUT2D eigenvalue weighted by molar-refractivity contribution is 8.00. The predicted molar refractivity (Wildman–Crippen MR) is 76.1 cm³/mol. The summed E-state index contributed by atoms with van der Waals surface area (Å²) in [5.74, 6) is -0.659. The predicted octanol–water partition coefficient (Wildman–Crippen LogP) is 1.18. The average Bonchev–Trinajstić information content (AvgIpc) is 2.40. The fraction of sp³-hybridized carbons (Fsp3) is 0.385. The van der Waals surface area contributed by atoms with Crippen LogP contribution in [-0.4, -0.2) is 52.7 Å². The average molecular weight is 299 g/mol. The Labute approximate surface area is 121 Å². The molecule has 0 aromatic heterocycles. The minimum atomic E-state index is -0.936. The number of ether oxygens (including phenoxy) is 1. The van der Waals surface area contributed by atoms with Crippen LogP contribution in [0.4, 0.5) is 0 Å². The number of nitrogens with zero attached hydrogens (tertiary/aromatic N) is 1. The summed E-state index contributed by atoms with van der Waals surface area (Å²) in [6.45, 7) is 0.364. The van der Waals surface area contributed by atoms with Gasteiger partial charge in [0.05, 0.1) is 18.6 Å². The van der Waals surface area contributed by atoms with Crippen LogP contribution in [0.15, 0.2) is 18.2 Å². The summed E-state index contributed by atoms with van der Waals surface area (Å²) in [7, 11) is 3.10. The summed E-state index contributed by atoms with van der Waals surface area (Å²) < 4.78 is 5.00. The summed E-state index contributed by atoms with van der Waals surface area (Å²) >= 11 is 1.06. The fourth-order valence-corrected chi connectivity index (χ4v) is 2.19. The number of carbonyl (C=O) groups excluding carboxylic acids is 1. The van der Waals surface area contributed by atoms with Crippen molar-refractivity contribution in [2.75, 3.05) is 25.7 Å². The Morgan fingerprint density at radius 1 is 1.35 bits per heavy atom. The Hall–Kier alpha value is -1.89. The first-order chi connectivity index (χ1) is 9.43. The molecule has 0 unspecified atom stereocenters.